The van der Waals surface area contributed by atoms with Crippen molar-refractivity contribution in [2.45, 2.75) is 33.8 Å². The van der Waals surface area contributed by atoms with E-state index in [1.807, 2.05) is 37.4 Å². The third-order valence-corrected chi connectivity index (χ3v) is 5.89. The Labute approximate surface area is 226 Å². The van der Waals surface area contributed by atoms with Crippen LogP contribution in [0.3, 0.4) is 0 Å². The van der Waals surface area contributed by atoms with Crippen molar-refractivity contribution in [3.63, 3.8) is 0 Å². The second-order valence-corrected chi connectivity index (χ2v) is 9.15. The number of carboxylic acid groups (broad SMARTS) is 1. The van der Waals surface area contributed by atoms with E-state index in [-0.39, 0.29) is 11.8 Å². The molecule has 0 fully saturated rings. The fourth-order valence-corrected chi connectivity index (χ4v) is 4.22. The highest BCUT2D eigenvalue weighted by Gasteiger charge is 2.19. The summed E-state index contributed by atoms with van der Waals surface area (Å²) in [4.78, 5) is 31.8. The molecule has 0 bridgehead atoms. The van der Waals surface area contributed by atoms with Crippen LogP contribution in [0.15, 0.2) is 59.9 Å². The first-order valence-electron chi connectivity index (χ1n) is 11.8. The molecule has 0 amide bonds. The van der Waals surface area contributed by atoms with Crippen LogP contribution in [0.25, 0.3) is 34.3 Å². The highest BCUT2D eigenvalue weighted by molar-refractivity contribution is 6.32. The van der Waals surface area contributed by atoms with E-state index in [9.17, 15) is 4.79 Å². The van der Waals surface area contributed by atoms with Crippen LogP contribution >= 0.6 is 11.6 Å². The van der Waals surface area contributed by atoms with Crippen LogP contribution in [0.1, 0.15) is 35.7 Å². The lowest BCUT2D eigenvalue weighted by molar-refractivity contribution is 0.0688. The number of carbonyl (C=O) groups is 1. The van der Waals surface area contributed by atoms with Crippen molar-refractivity contribution in [2.75, 3.05) is 0 Å². The molecule has 13 heteroatoms. The molecule has 198 valence electrons. The van der Waals surface area contributed by atoms with Crippen LogP contribution in [0, 0.1) is 13.8 Å². The van der Waals surface area contributed by atoms with Gasteiger partial charge < -0.3 is 14.4 Å². The Morgan fingerprint density at radius 2 is 1.67 bits per heavy atom. The van der Waals surface area contributed by atoms with Gasteiger partial charge in [-0.25, -0.2) is 14.8 Å². The molecule has 5 heterocycles. The summed E-state index contributed by atoms with van der Waals surface area (Å²) in [5.74, 6) is 0.478. The third kappa shape index (κ3) is 5.14. The van der Waals surface area contributed by atoms with E-state index in [2.05, 4.69) is 30.1 Å². The molecule has 6 aromatic rings. The molecule has 0 radical (unpaired) electrons. The van der Waals surface area contributed by atoms with Crippen LogP contribution in [0.4, 0.5) is 0 Å². The number of benzene rings is 1. The van der Waals surface area contributed by atoms with Gasteiger partial charge in [-0.1, -0.05) is 16.8 Å². The number of rotatable bonds is 5. The van der Waals surface area contributed by atoms with Gasteiger partial charge in [0.25, 0.3) is 5.89 Å². The predicted molar refractivity (Wildman–Crippen MR) is 142 cm³/mol. The Morgan fingerprint density at radius 1 is 1.00 bits per heavy atom. The van der Waals surface area contributed by atoms with Crippen molar-refractivity contribution in [2.24, 2.45) is 0 Å². The minimum absolute atomic E-state index is 0.0442. The zero-order chi connectivity index (χ0) is 27.7. The summed E-state index contributed by atoms with van der Waals surface area (Å²) in [7, 11) is 0. The molecule has 0 spiro atoms. The second-order valence-electron chi connectivity index (χ2n) is 8.74. The van der Waals surface area contributed by atoms with Crippen molar-refractivity contribution >= 4 is 28.9 Å². The minimum Gasteiger partial charge on any atom is -0.489 e. The van der Waals surface area contributed by atoms with Gasteiger partial charge in [-0.3, -0.25) is 18.8 Å². The van der Waals surface area contributed by atoms with Gasteiger partial charge in [-0.15, -0.1) is 0 Å². The van der Waals surface area contributed by atoms with Gasteiger partial charge in [0.2, 0.25) is 5.82 Å². The lowest BCUT2D eigenvalue weighted by Gasteiger charge is -2.11. The molecule has 0 saturated heterocycles. The molecule has 0 aliphatic rings. The van der Waals surface area contributed by atoms with Crippen LogP contribution in [0.2, 0.25) is 5.02 Å². The summed E-state index contributed by atoms with van der Waals surface area (Å²) in [6, 6.07) is 5.42. The van der Waals surface area contributed by atoms with Crippen LogP contribution in [-0.4, -0.2) is 56.1 Å². The molecule has 0 unspecified atom stereocenters. The molecule has 1 aromatic carbocycles. The normalized spacial score (nSPS) is 11.1. The number of ether oxygens (including phenoxy) is 1. The highest BCUT2D eigenvalue weighted by Crippen LogP contribution is 2.31. The average Bonchev–Trinajstić information content (AvgIpc) is 3.59. The maximum Gasteiger partial charge on any atom is 0.354 e. The lowest BCUT2D eigenvalue weighted by atomic mass is 10.2. The maximum atomic E-state index is 10.8. The Morgan fingerprint density at radius 3 is 2.33 bits per heavy atom. The first-order chi connectivity index (χ1) is 18.7. The fourth-order valence-electron chi connectivity index (χ4n) is 3.99. The molecule has 0 aliphatic carbocycles. The van der Waals surface area contributed by atoms with Crippen LogP contribution < -0.4 is 4.74 Å². The standard InChI is InChI=1S/C18H16ClN5O2.C8H7N3O2/c1-10(2)25-14-5-4-12(8-13(14)19)17-22-18(26-23-17)16-11(3)21-15-9-20-6-7-24(15)16;1-5-7(8(12)13)11-3-2-9-4-6(11)10-5/h4-10H,1-3H3;2-4H,1H3,(H,12,13). The number of carboxylic acids is 1. The summed E-state index contributed by atoms with van der Waals surface area (Å²) >= 11 is 6.30. The molecule has 1 N–H and O–H groups in total. The van der Waals surface area contributed by atoms with Crippen molar-refractivity contribution < 1.29 is 19.2 Å². The molecular weight excluding hydrogens is 524 g/mol. The first-order valence-corrected chi connectivity index (χ1v) is 12.2. The number of fused-ring (bicyclic) bond motifs is 2. The van der Waals surface area contributed by atoms with E-state index in [1.165, 1.54) is 16.8 Å². The van der Waals surface area contributed by atoms with Crippen LogP contribution in [-0.2, 0) is 0 Å². The van der Waals surface area contributed by atoms with Gasteiger partial charge in [-0.2, -0.15) is 4.98 Å². The number of aromatic nitrogens is 8. The molecule has 0 saturated carbocycles. The second kappa shape index (κ2) is 10.5. The Hall–Kier alpha value is -4.84. The average molecular weight is 547 g/mol. The van der Waals surface area contributed by atoms with E-state index in [0.717, 1.165) is 22.6 Å². The van der Waals surface area contributed by atoms with E-state index >= 15 is 0 Å². The quantitative estimate of drug-likeness (QED) is 0.315. The van der Waals surface area contributed by atoms with Gasteiger partial charge in [0.15, 0.2) is 17.0 Å². The molecule has 5 aromatic heterocycles. The van der Waals surface area contributed by atoms with E-state index in [4.69, 9.17) is 26.0 Å². The van der Waals surface area contributed by atoms with Crippen molar-refractivity contribution in [3.8, 4) is 28.7 Å². The fraction of sp³-hybridized carbons (Fsp3) is 0.192. The Balaban J connectivity index is 0.000000198. The topological polar surface area (TPSA) is 146 Å². The molecule has 0 atom stereocenters. The predicted octanol–water partition coefficient (Wildman–Crippen LogP) is 4.93. The maximum absolute atomic E-state index is 10.8. The number of nitrogens with zero attached hydrogens (tertiary/aromatic N) is 8. The van der Waals surface area contributed by atoms with Gasteiger partial charge in [0.05, 0.1) is 34.9 Å². The number of hydrogen-bond donors (Lipinski definition) is 1. The monoisotopic (exact) mass is 546 g/mol. The SMILES string of the molecule is Cc1nc2cnccn2c1-c1nc(-c2ccc(OC(C)C)c(Cl)c2)no1.Cc1nc2cnccn2c1C(=O)O. The summed E-state index contributed by atoms with van der Waals surface area (Å²) in [5.41, 5.74) is 4.24. The summed E-state index contributed by atoms with van der Waals surface area (Å²) < 4.78 is 14.5. The molecular formula is C26H23ClN8O4. The van der Waals surface area contributed by atoms with Crippen molar-refractivity contribution in [3.05, 3.63) is 77.5 Å². The van der Waals surface area contributed by atoms with Gasteiger partial charge in [0.1, 0.15) is 11.4 Å². The number of aryl methyl sites for hydroxylation is 2. The Kier molecular flexibility index (Phi) is 6.94. The number of aromatic carboxylic acids is 1. The number of imidazole rings is 2. The number of hydrogen-bond acceptors (Lipinski definition) is 9. The van der Waals surface area contributed by atoms with Gasteiger partial charge in [-0.05, 0) is 45.9 Å². The summed E-state index contributed by atoms with van der Waals surface area (Å²) in [6.07, 6.45) is 9.86. The summed E-state index contributed by atoms with van der Waals surface area (Å²) in [5, 5.41) is 13.5. The van der Waals surface area contributed by atoms with E-state index < -0.39 is 5.97 Å². The zero-order valence-corrected chi connectivity index (χ0v) is 22.2. The smallest absolute Gasteiger partial charge is 0.354 e. The first kappa shape index (κ1) is 25.8. The van der Waals surface area contributed by atoms with Crippen LogP contribution in [0.5, 0.6) is 5.75 Å². The number of halogens is 1. The minimum atomic E-state index is -0.976. The van der Waals surface area contributed by atoms with E-state index in [1.54, 1.807) is 37.6 Å². The largest absolute Gasteiger partial charge is 0.489 e. The molecule has 39 heavy (non-hydrogen) atoms. The van der Waals surface area contributed by atoms with Crippen molar-refractivity contribution in [1.82, 2.24) is 38.9 Å². The highest BCUT2D eigenvalue weighted by atomic mass is 35.5. The molecule has 12 nitrogen and oxygen atoms in total. The zero-order valence-electron chi connectivity index (χ0n) is 21.4. The molecule has 0 aliphatic heterocycles. The molecule has 6 rings (SSSR count). The van der Waals surface area contributed by atoms with Crippen molar-refractivity contribution in [1.29, 1.82) is 0 Å². The van der Waals surface area contributed by atoms with Gasteiger partial charge >= 0.3 is 5.97 Å². The Bertz CT molecular complexity index is 1810. The van der Waals surface area contributed by atoms with Gasteiger partial charge in [0, 0.05) is 30.4 Å². The lowest BCUT2D eigenvalue weighted by Crippen LogP contribution is -2.05. The third-order valence-electron chi connectivity index (χ3n) is 5.59. The summed E-state index contributed by atoms with van der Waals surface area (Å²) in [6.45, 7) is 7.45. The van der Waals surface area contributed by atoms with E-state index in [0.29, 0.717) is 33.8 Å².